The van der Waals surface area contributed by atoms with Crippen LogP contribution in [-0.2, 0) is 0 Å². The molecule has 1 aromatic heterocycles. The summed E-state index contributed by atoms with van der Waals surface area (Å²) >= 11 is 5.75. The van der Waals surface area contributed by atoms with Crippen molar-refractivity contribution in [3.05, 3.63) is 32.4 Å². The molecular weight excluding hydrogens is 317 g/mol. The van der Waals surface area contributed by atoms with Crippen LogP contribution >= 0.6 is 38.5 Å². The van der Waals surface area contributed by atoms with E-state index in [2.05, 4.69) is 55.6 Å². The molecule has 0 aliphatic carbocycles. The molecule has 0 fully saturated rings. The van der Waals surface area contributed by atoms with Crippen LogP contribution in [0.1, 0.15) is 0 Å². The Balaban J connectivity index is 2.90. The Hall–Kier alpha value is -0.0300. The van der Waals surface area contributed by atoms with E-state index in [4.69, 9.17) is 0 Å². The third-order valence-corrected chi connectivity index (χ3v) is 2.81. The van der Waals surface area contributed by atoms with Crippen molar-refractivity contribution in [1.29, 1.82) is 0 Å². The van der Waals surface area contributed by atoms with Crippen LogP contribution in [0.2, 0.25) is 0 Å². The van der Waals surface area contributed by atoms with Crippen molar-refractivity contribution >= 4 is 49.4 Å². The molecule has 56 valence electrons. The third-order valence-electron chi connectivity index (χ3n) is 1.57. The van der Waals surface area contributed by atoms with Gasteiger partial charge >= 0.3 is 0 Å². The molecule has 0 unspecified atom stereocenters. The molecule has 2 aromatic rings. The molecule has 0 atom stereocenters. The maximum atomic E-state index is 3.48. The standard InChI is InChI=1S/C8H5BrIN/c9-6-3-1-2-5-4-7(10)11-8(5)6/h1-4,11H. The van der Waals surface area contributed by atoms with Crippen LogP contribution in [0.25, 0.3) is 10.9 Å². The molecule has 0 bridgehead atoms. The number of para-hydroxylation sites is 1. The summed E-state index contributed by atoms with van der Waals surface area (Å²) in [6.07, 6.45) is 0. The Kier molecular flexibility index (Phi) is 1.93. The summed E-state index contributed by atoms with van der Waals surface area (Å²) in [6, 6.07) is 8.30. The lowest BCUT2D eigenvalue weighted by Gasteiger charge is -1.90. The molecule has 1 aromatic carbocycles. The van der Waals surface area contributed by atoms with Crippen molar-refractivity contribution in [2.75, 3.05) is 0 Å². The van der Waals surface area contributed by atoms with Gasteiger partial charge < -0.3 is 4.98 Å². The predicted molar refractivity (Wildman–Crippen MR) is 58.7 cm³/mol. The molecule has 1 N–H and O–H groups in total. The van der Waals surface area contributed by atoms with E-state index in [0.29, 0.717) is 0 Å². The Morgan fingerprint density at radius 2 is 2.18 bits per heavy atom. The zero-order valence-electron chi connectivity index (χ0n) is 5.57. The van der Waals surface area contributed by atoms with Crippen LogP contribution in [0.5, 0.6) is 0 Å². The van der Waals surface area contributed by atoms with Gasteiger partial charge in [-0.25, -0.2) is 0 Å². The van der Waals surface area contributed by atoms with Crippen molar-refractivity contribution in [3.8, 4) is 0 Å². The fourth-order valence-corrected chi connectivity index (χ4v) is 2.17. The van der Waals surface area contributed by atoms with E-state index < -0.39 is 0 Å². The van der Waals surface area contributed by atoms with Crippen molar-refractivity contribution in [3.63, 3.8) is 0 Å². The average Bonchev–Trinajstić information content (AvgIpc) is 2.31. The maximum Gasteiger partial charge on any atom is 0.0783 e. The molecule has 0 amide bonds. The zero-order valence-corrected chi connectivity index (χ0v) is 9.31. The molecule has 3 heteroatoms. The Morgan fingerprint density at radius 3 is 2.91 bits per heavy atom. The third kappa shape index (κ3) is 1.31. The van der Waals surface area contributed by atoms with Gasteiger partial charge in [0, 0.05) is 9.86 Å². The summed E-state index contributed by atoms with van der Waals surface area (Å²) in [7, 11) is 0. The van der Waals surface area contributed by atoms with E-state index in [1.165, 1.54) is 14.6 Å². The van der Waals surface area contributed by atoms with Crippen molar-refractivity contribution in [2.45, 2.75) is 0 Å². The van der Waals surface area contributed by atoms with Gasteiger partial charge in [-0.1, -0.05) is 12.1 Å². The van der Waals surface area contributed by atoms with Crippen molar-refractivity contribution in [2.24, 2.45) is 0 Å². The van der Waals surface area contributed by atoms with Gasteiger partial charge in [-0.2, -0.15) is 0 Å². The number of benzene rings is 1. The van der Waals surface area contributed by atoms with E-state index in [-0.39, 0.29) is 0 Å². The van der Waals surface area contributed by atoms with Gasteiger partial charge in [0.1, 0.15) is 0 Å². The first-order valence-corrected chi connectivity index (χ1v) is 5.07. The largest absolute Gasteiger partial charge is 0.349 e. The zero-order chi connectivity index (χ0) is 7.84. The molecule has 0 radical (unpaired) electrons. The monoisotopic (exact) mass is 321 g/mol. The van der Waals surface area contributed by atoms with Gasteiger partial charge in [0.15, 0.2) is 0 Å². The number of aromatic amines is 1. The van der Waals surface area contributed by atoms with Gasteiger partial charge in [-0.05, 0) is 50.7 Å². The number of hydrogen-bond acceptors (Lipinski definition) is 0. The second kappa shape index (κ2) is 2.79. The molecule has 11 heavy (non-hydrogen) atoms. The average molecular weight is 322 g/mol. The number of aromatic nitrogens is 1. The quantitative estimate of drug-likeness (QED) is 0.714. The highest BCUT2D eigenvalue weighted by Crippen LogP contribution is 2.24. The first kappa shape index (κ1) is 7.61. The second-order valence-corrected chi connectivity index (χ2v) is 4.34. The molecular formula is C8H5BrIN. The number of hydrogen-bond donors (Lipinski definition) is 1. The lowest BCUT2D eigenvalue weighted by atomic mass is 10.3. The topological polar surface area (TPSA) is 15.8 Å². The Morgan fingerprint density at radius 1 is 1.36 bits per heavy atom. The Labute approximate surface area is 86.5 Å². The van der Waals surface area contributed by atoms with Gasteiger partial charge in [-0.3, -0.25) is 0 Å². The number of H-pyrrole nitrogens is 1. The summed E-state index contributed by atoms with van der Waals surface area (Å²) in [5.74, 6) is 0. The fourth-order valence-electron chi connectivity index (χ4n) is 1.08. The van der Waals surface area contributed by atoms with Gasteiger partial charge in [0.25, 0.3) is 0 Å². The second-order valence-electron chi connectivity index (χ2n) is 2.32. The highest BCUT2D eigenvalue weighted by atomic mass is 127. The van der Waals surface area contributed by atoms with Gasteiger partial charge in [0.2, 0.25) is 0 Å². The number of rotatable bonds is 0. The number of fused-ring (bicyclic) bond motifs is 1. The summed E-state index contributed by atoms with van der Waals surface area (Å²) in [5.41, 5.74) is 1.18. The van der Waals surface area contributed by atoms with E-state index in [0.717, 1.165) is 4.47 Å². The molecule has 0 saturated carbocycles. The van der Waals surface area contributed by atoms with E-state index >= 15 is 0 Å². The SMILES string of the molecule is Brc1cccc2cc(I)[nH]c12. The minimum atomic E-state index is 1.12. The smallest absolute Gasteiger partial charge is 0.0783 e. The first-order valence-electron chi connectivity index (χ1n) is 3.20. The fraction of sp³-hybridized carbons (Fsp3) is 0. The van der Waals surface area contributed by atoms with Crippen molar-refractivity contribution < 1.29 is 0 Å². The van der Waals surface area contributed by atoms with Crippen molar-refractivity contribution in [1.82, 2.24) is 4.98 Å². The number of halogens is 2. The maximum absolute atomic E-state index is 3.48. The minimum Gasteiger partial charge on any atom is -0.349 e. The molecule has 0 aliphatic rings. The van der Waals surface area contributed by atoms with Crippen LogP contribution in [-0.4, -0.2) is 4.98 Å². The van der Waals surface area contributed by atoms with Gasteiger partial charge in [0.05, 0.1) is 9.22 Å². The lowest BCUT2D eigenvalue weighted by molar-refractivity contribution is 1.40. The van der Waals surface area contributed by atoms with E-state index in [9.17, 15) is 0 Å². The van der Waals surface area contributed by atoms with Crippen LogP contribution in [0, 0.1) is 3.70 Å². The van der Waals surface area contributed by atoms with Gasteiger partial charge in [-0.15, -0.1) is 0 Å². The highest BCUT2D eigenvalue weighted by Gasteiger charge is 1.99. The molecule has 1 nitrogen and oxygen atoms in total. The molecule has 2 rings (SSSR count). The van der Waals surface area contributed by atoms with Crippen LogP contribution < -0.4 is 0 Å². The van der Waals surface area contributed by atoms with Crippen LogP contribution in [0.3, 0.4) is 0 Å². The van der Waals surface area contributed by atoms with Crippen LogP contribution in [0.15, 0.2) is 28.7 Å². The molecule has 0 saturated heterocycles. The minimum absolute atomic E-state index is 1.12. The normalized spacial score (nSPS) is 10.7. The highest BCUT2D eigenvalue weighted by molar-refractivity contribution is 14.1. The van der Waals surface area contributed by atoms with E-state index in [1.807, 2.05) is 12.1 Å². The first-order chi connectivity index (χ1) is 5.27. The summed E-state index contributed by atoms with van der Waals surface area (Å²) in [4.78, 5) is 3.27. The molecule has 0 aliphatic heterocycles. The molecule has 0 spiro atoms. The number of nitrogens with one attached hydrogen (secondary N) is 1. The van der Waals surface area contributed by atoms with E-state index in [1.54, 1.807) is 0 Å². The summed E-state index contributed by atoms with van der Waals surface area (Å²) in [6.45, 7) is 0. The van der Waals surface area contributed by atoms with Crippen LogP contribution in [0.4, 0.5) is 0 Å². The summed E-state index contributed by atoms with van der Waals surface area (Å²) in [5, 5.41) is 1.25. The predicted octanol–water partition coefficient (Wildman–Crippen LogP) is 3.54. The molecule has 1 heterocycles. The lowest BCUT2D eigenvalue weighted by Crippen LogP contribution is -1.69. The summed E-state index contributed by atoms with van der Waals surface area (Å²) < 4.78 is 2.29. The Bertz CT molecular complexity index is 394.